The van der Waals surface area contributed by atoms with Crippen LogP contribution in [0, 0.1) is 69.0 Å². The Morgan fingerprint density at radius 3 is 0.704 bits per heavy atom. The average molecular weight is 2050 g/mol. The number of hydrogen-bond acceptors (Lipinski definition) is 24. The van der Waals surface area contributed by atoms with Crippen molar-refractivity contribution in [1.29, 1.82) is 0 Å². The first-order valence-corrected chi connectivity index (χ1v) is 45.4. The van der Waals surface area contributed by atoms with Crippen LogP contribution in [0.4, 0.5) is 0 Å². The lowest BCUT2D eigenvalue weighted by Crippen LogP contribution is -2.48. The number of aliphatic hydroxyl groups is 6. The molecule has 0 amide bonds. The second kappa shape index (κ2) is 48.2. The number of methoxy groups -OCH3 is 12. The van der Waals surface area contributed by atoms with E-state index in [1.54, 1.807) is 13.8 Å². The smallest absolute Gasteiger partial charge is 0.161 e. The van der Waals surface area contributed by atoms with Crippen LogP contribution in [0.1, 0.15) is 401 Å². The van der Waals surface area contributed by atoms with Gasteiger partial charge in [-0.2, -0.15) is 0 Å². The maximum absolute atomic E-state index is 11.2. The Morgan fingerprint density at radius 1 is 0.296 bits per heavy atom. The molecule has 24 heteroatoms. The highest BCUT2D eigenvalue weighted by molar-refractivity contribution is 5.55. The van der Waals surface area contributed by atoms with Crippen LogP contribution in [0.2, 0.25) is 0 Å². The fraction of sp³-hybridized carbons (Fsp3) is 0.695. The number of aryl methyl sites for hydroxylation is 6. The van der Waals surface area contributed by atoms with Gasteiger partial charge in [-0.15, -0.1) is 0 Å². The lowest BCUT2D eigenvalue weighted by atomic mass is 9.75. The van der Waals surface area contributed by atoms with Crippen LogP contribution in [0.15, 0.2) is 72.8 Å². The molecule has 18 unspecified atom stereocenters. The molecule has 6 saturated heterocycles. The minimum Gasteiger partial charge on any atom is -0.493 e. The zero-order valence-electron chi connectivity index (χ0n) is 163. The summed E-state index contributed by atoms with van der Waals surface area (Å²) in [5.74, 6) is -15.1. The Morgan fingerprint density at radius 2 is 0.493 bits per heavy atom. The van der Waals surface area contributed by atoms with E-state index in [0.29, 0.717) is 58.6 Å². The second-order valence-corrected chi connectivity index (χ2v) is 36.6. The van der Waals surface area contributed by atoms with E-state index in [1.165, 1.54) is 92.2 Å². The largest absolute Gasteiger partial charge is 0.493 e. The molecule has 6 N–H and O–H groups in total. The predicted molar refractivity (Wildman–Crippen MR) is 565 cm³/mol. The summed E-state index contributed by atoms with van der Waals surface area (Å²) >= 11 is 0. The third kappa shape index (κ3) is 27.1. The van der Waals surface area contributed by atoms with Gasteiger partial charge < -0.3 is 87.5 Å². The molecule has 792 valence electrons. The summed E-state index contributed by atoms with van der Waals surface area (Å²) in [4.78, 5) is 2.76. The van der Waals surface area contributed by atoms with E-state index in [1.807, 2.05) is 13.8 Å². The zero-order chi connectivity index (χ0) is 174. The van der Waals surface area contributed by atoms with Crippen LogP contribution in [0.3, 0.4) is 0 Å². The summed E-state index contributed by atoms with van der Waals surface area (Å²) in [5, 5.41) is 66.8. The predicted octanol–water partition coefficient (Wildman–Crippen LogP) is 19.7. The lowest BCUT2D eigenvalue weighted by Gasteiger charge is -2.47. The van der Waals surface area contributed by atoms with E-state index >= 15 is 0 Å². The van der Waals surface area contributed by atoms with E-state index in [4.69, 9.17) is 168 Å². The van der Waals surface area contributed by atoms with Gasteiger partial charge in [0.05, 0.1) is 135 Å². The van der Waals surface area contributed by atoms with Crippen molar-refractivity contribution in [2.24, 2.45) is 69.0 Å². The highest BCUT2D eigenvalue weighted by Crippen LogP contribution is 2.53. The van der Waals surface area contributed by atoms with Gasteiger partial charge >= 0.3 is 0 Å². The Labute approximate surface area is 966 Å². The fourth-order valence-corrected chi connectivity index (χ4v) is 17.9. The van der Waals surface area contributed by atoms with Crippen molar-refractivity contribution >= 4 is 0 Å². The summed E-state index contributed by atoms with van der Waals surface area (Å²) in [7, 11) is 2.52. The summed E-state index contributed by atoms with van der Waals surface area (Å²) in [6.45, 7) is -56.4. The van der Waals surface area contributed by atoms with E-state index in [-0.39, 0.29) is 137 Å². The van der Waals surface area contributed by atoms with Gasteiger partial charge in [0, 0.05) is 212 Å². The van der Waals surface area contributed by atoms with Gasteiger partial charge in [0.25, 0.3) is 0 Å². The normalized spacial score (nSPS) is 45.0. The number of fused-ring (bicyclic) bond motifs is 18. The standard InChI is InChI=1S/4C20H31NO3.2C19H29NO3/c4*1-20(2,3)11-14-12-21-7-6-13-8-18(23-4)19(24-5)9-15(13)16(21)10-17(14)22;2*1-12(2)7-14-11-20-6-5-13-8-18(22-3)19(23-4)9-15(13)16(20)10-17(14)21/h4*8-9,14,16-17,22H,6-7,10-12H2,1-5H3;2*8-9,12,14,16-17,21H,5-7,10-11H2,1-4H3/i2*1D3,2D3,5D3,6D2,7D2,11D2,12D2;2*1D3,2D3,6D2,7D2,11D2,12D2;5D2,6D2,10D2,11D2,14D,17D;4D3,5D2,6D2,11D2. The SMILES string of the molecule is [2H]C([2H])([2H])Oc1cc2c(cc1OC)C([2H])([2H])C([2H])([2H])N1C2CC(O)C(C([2H])([2H])C(C)(C([2H])([2H])[2H])C([2H])([2H])[2H])C1([2H])[2H].[2H]C([2H])([2H])Oc1cc2c(cc1OC)C([2H])([2H])C([2H])([2H])N1C2CC(O)C(C([2H])([2H])C(C)(C([2H])([2H])[2H])C([2H])([2H])[2H])C1([2H])[2H].[2H]C([2H])([2H])Oc1cc2c(cc1OC)C([2H])([2H])C([2H])([2H])N1C2CC(O)C(CC(C)C)C1([2H])[2H].[2H]C1([2H])C(C([2H])([2H])C(C)(C([2H])([2H])[2H])C([2H])([2H])[2H])C(O)CC2c3cc(OC)c(OC)cc3C([2H])([2H])C([2H])([2H])N21.[2H]C1([2H])C(C([2H])([2H])C(C)(C([2H])([2H])[2H])C([2H])([2H])[2H])C(O)CC2c3cc(OC)c(OC)cc3C([2H])([2H])C([2H])([2H])N21.[2H]C1([2H])c2cc(OC)c(OC)cc2C2N(C1([2H])[2H])C([2H])([2H])C([2H])(CC(C)C)C([2H])(O)C2([2H])[2H]. The van der Waals surface area contributed by atoms with Crippen LogP contribution in [-0.2, 0) is 38.2 Å². The van der Waals surface area contributed by atoms with Crippen LogP contribution >= 0.6 is 0 Å². The molecule has 18 atom stereocenters. The maximum Gasteiger partial charge on any atom is 0.161 e. The first-order valence-electron chi connectivity index (χ1n) is 85.9. The zero-order valence-corrected chi connectivity index (χ0v) is 81.5. The molecular weight excluding hydrogens is 1790 g/mol. The Bertz CT molecular complexity index is 8500. The van der Waals surface area contributed by atoms with Crippen molar-refractivity contribution in [2.45, 2.75) is 298 Å². The van der Waals surface area contributed by atoms with Crippen LogP contribution in [0.5, 0.6) is 69.0 Å². The number of hydrogen-bond donors (Lipinski definition) is 6. The molecule has 0 aromatic heterocycles. The average Bonchev–Trinajstić information content (AvgIpc) is 0.649. The van der Waals surface area contributed by atoms with Crippen LogP contribution in [-0.4, -0.2) is 260 Å². The molecular formula is C118H182N6O18. The maximum atomic E-state index is 11.2. The minimum atomic E-state index is -3.55. The Balaban J connectivity index is 0.000000213. The van der Waals surface area contributed by atoms with Crippen molar-refractivity contribution < 1.29 is 199 Å². The fourth-order valence-electron chi connectivity index (χ4n) is 17.9. The number of rotatable bonds is 20. The van der Waals surface area contributed by atoms with Gasteiger partial charge in [0.2, 0.25) is 0 Å². The van der Waals surface area contributed by atoms with Gasteiger partial charge in [-0.3, -0.25) is 29.4 Å². The van der Waals surface area contributed by atoms with Crippen molar-refractivity contribution in [3.8, 4) is 69.0 Å². The summed E-state index contributed by atoms with van der Waals surface area (Å²) < 4.78 is 737. The molecule has 0 bridgehead atoms. The highest BCUT2D eigenvalue weighted by Gasteiger charge is 2.48. The number of benzene rings is 6. The number of piperidine rings is 6. The molecule has 0 spiro atoms. The van der Waals surface area contributed by atoms with E-state index in [2.05, 4.69) is 0 Å². The lowest BCUT2D eigenvalue weighted by molar-refractivity contribution is -0.0259. The molecule has 0 radical (unpaired) electrons. The van der Waals surface area contributed by atoms with Gasteiger partial charge in [-0.05, 0) is 324 Å². The highest BCUT2D eigenvalue weighted by atomic mass is 16.5. The minimum absolute atomic E-state index is 0.0320. The molecule has 6 aromatic rings. The van der Waals surface area contributed by atoms with Crippen LogP contribution in [0.25, 0.3) is 0 Å². The molecule has 6 fully saturated rings. The first-order chi connectivity index (χ1) is 99.0. The summed E-state index contributed by atoms with van der Waals surface area (Å²) in [6, 6.07) is 5.13. The quantitative estimate of drug-likeness (QED) is 0.0415. The van der Waals surface area contributed by atoms with E-state index in [0.717, 1.165) is 49.5 Å². The number of nitrogens with zero attached hydrogens (tertiary/aromatic N) is 6. The number of ether oxygens (including phenoxy) is 12. The molecule has 24 nitrogen and oxygen atoms in total. The first kappa shape index (κ1) is 46.3. The molecule has 6 aromatic carbocycles. The Kier molecular flexibility index (Phi) is 15.7. The molecule has 0 saturated carbocycles. The van der Waals surface area contributed by atoms with E-state index in [9.17, 15) is 30.6 Å². The Hall–Kier alpha value is -7.56. The second-order valence-electron chi connectivity index (χ2n) is 36.6. The van der Waals surface area contributed by atoms with Crippen molar-refractivity contribution in [1.82, 2.24) is 29.4 Å². The van der Waals surface area contributed by atoms with Gasteiger partial charge in [0.15, 0.2) is 69.0 Å². The molecule has 142 heavy (non-hydrogen) atoms. The van der Waals surface area contributed by atoms with Crippen molar-refractivity contribution in [3.63, 3.8) is 0 Å². The van der Waals surface area contributed by atoms with Crippen LogP contribution < -0.4 is 56.8 Å². The summed E-state index contributed by atoms with van der Waals surface area (Å²) in [5.41, 5.74) is -14.7. The third-order valence-electron chi connectivity index (χ3n) is 24.5. The molecule has 0 aliphatic carbocycles. The van der Waals surface area contributed by atoms with Gasteiger partial charge in [0.1, 0.15) is 0 Å². The van der Waals surface area contributed by atoms with E-state index < -0.39 is 404 Å². The molecule has 12 aliphatic heterocycles. The summed E-state index contributed by atoms with van der Waals surface area (Å²) in [6.07, 6.45) is -50.0. The molecule has 12 aliphatic rings. The van der Waals surface area contributed by atoms with Crippen molar-refractivity contribution in [3.05, 3.63) is 140 Å². The monoisotopic (exact) mass is 2050 g/mol. The topological polar surface area (TPSA) is 252 Å². The van der Waals surface area contributed by atoms with Gasteiger partial charge in [-0.1, -0.05) is 110 Å². The third-order valence-corrected chi connectivity index (χ3v) is 24.5. The number of aliphatic hydroxyl groups excluding tert-OH is 5. The molecule has 18 rings (SSSR count). The van der Waals surface area contributed by atoms with Crippen molar-refractivity contribution in [2.75, 3.05) is 163 Å². The molecule has 12 heterocycles. The van der Waals surface area contributed by atoms with Gasteiger partial charge in [-0.25, -0.2) is 0 Å².